The Hall–Kier alpha value is -2.10. The Kier molecular flexibility index (Phi) is 2.63. The molecule has 92 valence electrons. The molecule has 2 heterocycles. The zero-order chi connectivity index (χ0) is 12.5. The molecule has 0 spiro atoms. The van der Waals surface area contributed by atoms with Crippen molar-refractivity contribution >= 4 is 5.91 Å². The van der Waals surface area contributed by atoms with E-state index in [9.17, 15) is 4.79 Å². The van der Waals surface area contributed by atoms with E-state index in [-0.39, 0.29) is 17.9 Å². The van der Waals surface area contributed by atoms with Crippen LogP contribution in [-0.4, -0.2) is 21.7 Å². The standard InChI is InChI=1S/C14H15N3O/c1-10-13(7-14(18)16-10)11-8-15-17(9-11)12-5-3-2-4-6-12/h2-6,8-10,13H,7H2,1H3,(H,16,18). The van der Waals surface area contributed by atoms with Gasteiger partial charge in [0, 0.05) is 24.6 Å². The molecule has 1 aromatic carbocycles. The van der Waals surface area contributed by atoms with E-state index in [4.69, 9.17) is 0 Å². The maximum atomic E-state index is 11.4. The number of carbonyl (C=O) groups is 1. The Balaban J connectivity index is 1.88. The van der Waals surface area contributed by atoms with Crippen molar-refractivity contribution in [2.75, 3.05) is 0 Å². The smallest absolute Gasteiger partial charge is 0.220 e. The number of hydrogen-bond acceptors (Lipinski definition) is 2. The molecule has 1 amide bonds. The summed E-state index contributed by atoms with van der Waals surface area (Å²) >= 11 is 0. The summed E-state index contributed by atoms with van der Waals surface area (Å²) in [5.41, 5.74) is 2.15. The average molecular weight is 241 g/mol. The molecule has 1 aliphatic heterocycles. The molecule has 1 saturated heterocycles. The molecule has 0 bridgehead atoms. The van der Waals surface area contributed by atoms with E-state index >= 15 is 0 Å². The second-order valence-electron chi connectivity index (χ2n) is 4.72. The van der Waals surface area contributed by atoms with Crippen LogP contribution in [0.25, 0.3) is 5.69 Å². The first-order chi connectivity index (χ1) is 8.74. The first kappa shape index (κ1) is 11.0. The normalized spacial score (nSPS) is 23.1. The third-order valence-electron chi connectivity index (χ3n) is 3.45. The third-order valence-corrected chi connectivity index (χ3v) is 3.45. The van der Waals surface area contributed by atoms with Crippen LogP contribution in [0.2, 0.25) is 0 Å². The quantitative estimate of drug-likeness (QED) is 0.872. The molecule has 2 atom stereocenters. The van der Waals surface area contributed by atoms with Crippen LogP contribution in [0.1, 0.15) is 24.8 Å². The van der Waals surface area contributed by atoms with Crippen molar-refractivity contribution in [3.8, 4) is 5.69 Å². The van der Waals surface area contributed by atoms with E-state index in [1.807, 2.05) is 54.3 Å². The van der Waals surface area contributed by atoms with Crippen LogP contribution in [0.3, 0.4) is 0 Å². The first-order valence-electron chi connectivity index (χ1n) is 6.13. The van der Waals surface area contributed by atoms with E-state index in [1.165, 1.54) is 0 Å². The number of aromatic nitrogens is 2. The number of carbonyl (C=O) groups excluding carboxylic acids is 1. The van der Waals surface area contributed by atoms with Gasteiger partial charge in [-0.15, -0.1) is 0 Å². The van der Waals surface area contributed by atoms with Crippen LogP contribution >= 0.6 is 0 Å². The van der Waals surface area contributed by atoms with Gasteiger partial charge in [0.25, 0.3) is 0 Å². The second-order valence-corrected chi connectivity index (χ2v) is 4.72. The van der Waals surface area contributed by atoms with Crippen LogP contribution in [0, 0.1) is 0 Å². The van der Waals surface area contributed by atoms with Crippen molar-refractivity contribution < 1.29 is 4.79 Å². The van der Waals surface area contributed by atoms with Crippen LogP contribution in [0.5, 0.6) is 0 Å². The molecular weight excluding hydrogens is 226 g/mol. The lowest BCUT2D eigenvalue weighted by Crippen LogP contribution is -2.24. The predicted octanol–water partition coefficient (Wildman–Crippen LogP) is 1.86. The van der Waals surface area contributed by atoms with Gasteiger partial charge in [0.05, 0.1) is 11.9 Å². The molecule has 3 rings (SSSR count). The maximum Gasteiger partial charge on any atom is 0.220 e. The van der Waals surface area contributed by atoms with Gasteiger partial charge in [0.15, 0.2) is 0 Å². The highest BCUT2D eigenvalue weighted by Crippen LogP contribution is 2.28. The highest BCUT2D eigenvalue weighted by Gasteiger charge is 2.30. The van der Waals surface area contributed by atoms with E-state index in [1.54, 1.807) is 0 Å². The number of benzene rings is 1. The number of amides is 1. The topological polar surface area (TPSA) is 46.9 Å². The van der Waals surface area contributed by atoms with Gasteiger partial charge in [-0.1, -0.05) is 18.2 Å². The summed E-state index contributed by atoms with van der Waals surface area (Å²) in [4.78, 5) is 11.4. The monoisotopic (exact) mass is 241 g/mol. The van der Waals surface area contributed by atoms with Gasteiger partial charge in [0.2, 0.25) is 5.91 Å². The Morgan fingerprint density at radius 1 is 1.33 bits per heavy atom. The van der Waals surface area contributed by atoms with E-state index < -0.39 is 0 Å². The number of hydrogen-bond donors (Lipinski definition) is 1. The van der Waals surface area contributed by atoms with Crippen molar-refractivity contribution in [3.63, 3.8) is 0 Å². The molecule has 0 aliphatic carbocycles. The molecular formula is C14H15N3O. The number of nitrogens with zero attached hydrogens (tertiary/aromatic N) is 2. The fourth-order valence-corrected chi connectivity index (χ4v) is 2.45. The van der Waals surface area contributed by atoms with Crippen molar-refractivity contribution in [2.24, 2.45) is 0 Å². The van der Waals surface area contributed by atoms with Gasteiger partial charge in [-0.3, -0.25) is 4.79 Å². The third kappa shape index (κ3) is 1.90. The summed E-state index contributed by atoms with van der Waals surface area (Å²) in [7, 11) is 0. The molecule has 4 heteroatoms. The van der Waals surface area contributed by atoms with Gasteiger partial charge in [-0.05, 0) is 24.6 Å². The van der Waals surface area contributed by atoms with E-state index in [0.29, 0.717) is 6.42 Å². The van der Waals surface area contributed by atoms with Crippen LogP contribution < -0.4 is 5.32 Å². The van der Waals surface area contributed by atoms with Gasteiger partial charge >= 0.3 is 0 Å². The molecule has 2 unspecified atom stereocenters. The molecule has 0 radical (unpaired) electrons. The number of rotatable bonds is 2. The lowest BCUT2D eigenvalue weighted by molar-refractivity contribution is -0.119. The number of nitrogens with one attached hydrogen (secondary N) is 1. The maximum absolute atomic E-state index is 11.4. The van der Waals surface area contributed by atoms with Crippen LogP contribution in [0.15, 0.2) is 42.7 Å². The molecule has 1 aliphatic rings. The Labute approximate surface area is 106 Å². The molecule has 2 aromatic rings. The lowest BCUT2D eigenvalue weighted by atomic mass is 9.96. The zero-order valence-electron chi connectivity index (χ0n) is 10.2. The van der Waals surface area contributed by atoms with Crippen molar-refractivity contribution in [1.29, 1.82) is 0 Å². The zero-order valence-corrected chi connectivity index (χ0v) is 10.2. The highest BCUT2D eigenvalue weighted by molar-refractivity contribution is 5.80. The predicted molar refractivity (Wildman–Crippen MR) is 68.5 cm³/mol. The molecule has 1 N–H and O–H groups in total. The van der Waals surface area contributed by atoms with Crippen molar-refractivity contribution in [2.45, 2.75) is 25.3 Å². The summed E-state index contributed by atoms with van der Waals surface area (Å²) in [5, 5.41) is 7.31. The fourth-order valence-electron chi connectivity index (χ4n) is 2.45. The van der Waals surface area contributed by atoms with Crippen molar-refractivity contribution in [1.82, 2.24) is 15.1 Å². The first-order valence-corrected chi connectivity index (χ1v) is 6.13. The fraction of sp³-hybridized carbons (Fsp3) is 0.286. The lowest BCUT2D eigenvalue weighted by Gasteiger charge is -2.11. The second kappa shape index (κ2) is 4.29. The van der Waals surface area contributed by atoms with Crippen LogP contribution in [0.4, 0.5) is 0 Å². The van der Waals surface area contributed by atoms with Crippen molar-refractivity contribution in [3.05, 3.63) is 48.3 Å². The molecule has 18 heavy (non-hydrogen) atoms. The van der Waals surface area contributed by atoms with Gasteiger partial charge in [-0.25, -0.2) is 4.68 Å². The summed E-state index contributed by atoms with van der Waals surface area (Å²) in [6.07, 6.45) is 4.42. The van der Waals surface area contributed by atoms with Gasteiger partial charge < -0.3 is 5.32 Å². The Morgan fingerprint density at radius 3 is 2.78 bits per heavy atom. The minimum Gasteiger partial charge on any atom is -0.353 e. The SMILES string of the molecule is CC1NC(=O)CC1c1cnn(-c2ccccc2)c1. The van der Waals surface area contributed by atoms with E-state index in [0.717, 1.165) is 11.3 Å². The van der Waals surface area contributed by atoms with Gasteiger partial charge in [0.1, 0.15) is 0 Å². The van der Waals surface area contributed by atoms with Crippen LogP contribution in [-0.2, 0) is 4.79 Å². The highest BCUT2D eigenvalue weighted by atomic mass is 16.1. The molecule has 4 nitrogen and oxygen atoms in total. The summed E-state index contributed by atoms with van der Waals surface area (Å²) < 4.78 is 1.85. The summed E-state index contributed by atoms with van der Waals surface area (Å²) in [6.45, 7) is 2.04. The van der Waals surface area contributed by atoms with Gasteiger partial charge in [-0.2, -0.15) is 5.10 Å². The summed E-state index contributed by atoms with van der Waals surface area (Å²) in [5.74, 6) is 0.356. The summed E-state index contributed by atoms with van der Waals surface area (Å²) in [6, 6.07) is 10.2. The Bertz CT molecular complexity index is 561. The molecule has 0 saturated carbocycles. The Morgan fingerprint density at radius 2 is 2.11 bits per heavy atom. The van der Waals surface area contributed by atoms with E-state index in [2.05, 4.69) is 10.4 Å². The molecule has 1 fully saturated rings. The minimum absolute atomic E-state index is 0.125. The molecule has 1 aromatic heterocycles. The minimum atomic E-state index is 0.125. The largest absolute Gasteiger partial charge is 0.353 e. The average Bonchev–Trinajstić information content (AvgIpc) is 2.97. The number of para-hydroxylation sites is 1.